The maximum atomic E-state index is 6.16. The van der Waals surface area contributed by atoms with Crippen molar-refractivity contribution in [3.63, 3.8) is 0 Å². The molecule has 0 spiro atoms. The summed E-state index contributed by atoms with van der Waals surface area (Å²) >= 11 is 3.55. The molecule has 0 aliphatic heterocycles. The highest BCUT2D eigenvalue weighted by atomic mass is 79.9. The number of hydrogen-bond donors (Lipinski definition) is 1. The molecule has 0 radical (unpaired) electrons. The molecule has 0 saturated heterocycles. The first-order chi connectivity index (χ1) is 11.2. The third kappa shape index (κ3) is 3.05. The molecule has 3 aromatic rings. The van der Waals surface area contributed by atoms with E-state index in [2.05, 4.69) is 38.5 Å². The van der Waals surface area contributed by atoms with Crippen LogP contribution in [0.5, 0.6) is 0 Å². The Hall–Kier alpha value is -1.66. The Kier molecular flexibility index (Phi) is 4.82. The molecule has 0 fully saturated rings. The highest BCUT2D eigenvalue weighted by Crippen LogP contribution is 2.31. The number of pyridine rings is 1. The Labute approximate surface area is 144 Å². The van der Waals surface area contributed by atoms with Gasteiger partial charge in [-0.1, -0.05) is 29.3 Å². The van der Waals surface area contributed by atoms with Crippen molar-refractivity contribution < 1.29 is 4.74 Å². The van der Waals surface area contributed by atoms with Crippen molar-refractivity contribution in [3.8, 4) is 0 Å². The van der Waals surface area contributed by atoms with Gasteiger partial charge in [0.1, 0.15) is 17.9 Å². The fraction of sp³-hybridized carbons (Fsp3) is 0.412. The number of nitrogens with two attached hydrogens (primary N) is 1. The average Bonchev–Trinajstić information content (AvgIpc) is 2.91. The number of aryl methyl sites for hydroxylation is 1. The Balaban J connectivity index is 2.30. The molecule has 2 heterocycles. The Morgan fingerprint density at radius 3 is 2.83 bits per heavy atom. The summed E-state index contributed by atoms with van der Waals surface area (Å²) < 4.78 is 8.85. The zero-order valence-corrected chi connectivity index (χ0v) is 15.1. The summed E-state index contributed by atoms with van der Waals surface area (Å²) in [6, 6.07) is 6.04. The van der Waals surface area contributed by atoms with Gasteiger partial charge in [0, 0.05) is 23.0 Å². The first kappa shape index (κ1) is 16.2. The molecule has 0 aliphatic rings. The number of ether oxygens (including phenoxy) is 1. The van der Waals surface area contributed by atoms with E-state index in [1.165, 1.54) is 0 Å². The van der Waals surface area contributed by atoms with Crippen LogP contribution >= 0.6 is 15.9 Å². The Bertz CT molecular complexity index is 844. The van der Waals surface area contributed by atoms with E-state index in [0.717, 1.165) is 51.6 Å². The summed E-state index contributed by atoms with van der Waals surface area (Å²) in [5.41, 5.74) is 8.87. The molecule has 122 valence electrons. The topological polar surface area (TPSA) is 66.0 Å². The van der Waals surface area contributed by atoms with Crippen LogP contribution in [0.2, 0.25) is 0 Å². The van der Waals surface area contributed by atoms with Gasteiger partial charge in [0.05, 0.1) is 11.0 Å². The van der Waals surface area contributed by atoms with Gasteiger partial charge >= 0.3 is 0 Å². The van der Waals surface area contributed by atoms with Gasteiger partial charge in [0.2, 0.25) is 0 Å². The number of imidazole rings is 1. The molecule has 6 heteroatoms. The number of unbranched alkanes of at least 4 members (excludes halogenated alkanes) is 1. The minimum Gasteiger partial charge on any atom is -0.382 e. The van der Waals surface area contributed by atoms with E-state index in [4.69, 9.17) is 15.5 Å². The van der Waals surface area contributed by atoms with Gasteiger partial charge in [-0.05, 0) is 31.5 Å². The van der Waals surface area contributed by atoms with Crippen LogP contribution in [0.3, 0.4) is 0 Å². The number of rotatable bonds is 6. The molecule has 0 atom stereocenters. The van der Waals surface area contributed by atoms with E-state index in [9.17, 15) is 0 Å². The third-order valence-electron chi connectivity index (χ3n) is 3.91. The zero-order valence-electron chi connectivity index (χ0n) is 13.5. The minimum atomic E-state index is 0.475. The molecule has 0 saturated carbocycles. The standard InChI is InChI=1S/C17H21BrN4O/c1-3-5-8-22-14(10-23-4-2)21-15-16(22)12-9-11(18)6-7-13(12)20-17(15)19/h6-7,9H,3-5,8,10H2,1-2H3,(H2,19,20). The van der Waals surface area contributed by atoms with Crippen LogP contribution in [-0.2, 0) is 17.9 Å². The Morgan fingerprint density at radius 1 is 1.26 bits per heavy atom. The summed E-state index contributed by atoms with van der Waals surface area (Å²) in [4.78, 5) is 9.22. The number of anilines is 1. The van der Waals surface area contributed by atoms with Crippen molar-refractivity contribution in [2.75, 3.05) is 12.3 Å². The highest BCUT2D eigenvalue weighted by molar-refractivity contribution is 9.10. The van der Waals surface area contributed by atoms with Crippen LogP contribution in [0, 0.1) is 0 Å². The number of halogens is 1. The van der Waals surface area contributed by atoms with Crippen molar-refractivity contribution in [1.82, 2.24) is 14.5 Å². The predicted molar refractivity (Wildman–Crippen MR) is 97.4 cm³/mol. The molecule has 0 unspecified atom stereocenters. The molecule has 2 aromatic heterocycles. The molecule has 1 aromatic carbocycles. The van der Waals surface area contributed by atoms with E-state index in [-0.39, 0.29) is 0 Å². The average molecular weight is 377 g/mol. The Morgan fingerprint density at radius 2 is 2.09 bits per heavy atom. The number of benzene rings is 1. The quantitative estimate of drug-likeness (QED) is 0.697. The lowest BCUT2D eigenvalue weighted by Crippen LogP contribution is -2.06. The third-order valence-corrected chi connectivity index (χ3v) is 4.41. The smallest absolute Gasteiger partial charge is 0.152 e. The lowest BCUT2D eigenvalue weighted by atomic mass is 10.2. The summed E-state index contributed by atoms with van der Waals surface area (Å²) in [5.74, 6) is 1.39. The largest absolute Gasteiger partial charge is 0.382 e. The van der Waals surface area contributed by atoms with E-state index >= 15 is 0 Å². The van der Waals surface area contributed by atoms with Crippen LogP contribution in [0.25, 0.3) is 21.9 Å². The first-order valence-electron chi connectivity index (χ1n) is 7.97. The zero-order chi connectivity index (χ0) is 16.4. The second-order valence-corrected chi connectivity index (χ2v) is 6.44. The van der Waals surface area contributed by atoms with Gasteiger partial charge < -0.3 is 15.0 Å². The van der Waals surface area contributed by atoms with Crippen molar-refractivity contribution in [2.45, 2.75) is 39.8 Å². The lowest BCUT2D eigenvalue weighted by Gasteiger charge is -2.10. The van der Waals surface area contributed by atoms with Gasteiger partial charge in [-0.25, -0.2) is 9.97 Å². The second kappa shape index (κ2) is 6.84. The maximum absolute atomic E-state index is 6.16. The highest BCUT2D eigenvalue weighted by Gasteiger charge is 2.17. The molecule has 2 N–H and O–H groups in total. The summed E-state index contributed by atoms with van der Waals surface area (Å²) in [7, 11) is 0. The fourth-order valence-corrected chi connectivity index (χ4v) is 3.15. The van der Waals surface area contributed by atoms with Crippen LogP contribution in [0.4, 0.5) is 5.82 Å². The molecule has 5 nitrogen and oxygen atoms in total. The molecule has 0 amide bonds. The monoisotopic (exact) mass is 376 g/mol. The number of hydrogen-bond acceptors (Lipinski definition) is 4. The molecular formula is C17H21BrN4O. The number of nitrogens with zero attached hydrogens (tertiary/aromatic N) is 3. The SMILES string of the molecule is CCCCn1c(COCC)nc2c(N)nc3ccc(Br)cc3c21. The van der Waals surface area contributed by atoms with Gasteiger partial charge in [0.25, 0.3) is 0 Å². The normalized spacial score (nSPS) is 11.6. The summed E-state index contributed by atoms with van der Waals surface area (Å²) in [6.07, 6.45) is 2.21. The van der Waals surface area contributed by atoms with Gasteiger partial charge in [-0.2, -0.15) is 0 Å². The van der Waals surface area contributed by atoms with Crippen LogP contribution < -0.4 is 5.73 Å². The van der Waals surface area contributed by atoms with Gasteiger partial charge in [-0.3, -0.25) is 0 Å². The molecule has 0 bridgehead atoms. The molecule has 3 rings (SSSR count). The lowest BCUT2D eigenvalue weighted by molar-refractivity contribution is 0.126. The number of nitrogen functional groups attached to an aromatic ring is 1. The van der Waals surface area contributed by atoms with Crippen LogP contribution in [0.1, 0.15) is 32.5 Å². The van der Waals surface area contributed by atoms with E-state index in [1.54, 1.807) is 0 Å². The van der Waals surface area contributed by atoms with Crippen molar-refractivity contribution in [3.05, 3.63) is 28.5 Å². The predicted octanol–water partition coefficient (Wildman–Crippen LogP) is 4.27. The van der Waals surface area contributed by atoms with Gasteiger partial charge in [0.15, 0.2) is 5.82 Å². The molecular weight excluding hydrogens is 356 g/mol. The summed E-state index contributed by atoms with van der Waals surface area (Å²) in [5, 5.41) is 1.06. The summed E-state index contributed by atoms with van der Waals surface area (Å²) in [6.45, 7) is 6.23. The molecule has 0 aliphatic carbocycles. The van der Waals surface area contributed by atoms with Crippen LogP contribution in [0.15, 0.2) is 22.7 Å². The molecule has 23 heavy (non-hydrogen) atoms. The first-order valence-corrected chi connectivity index (χ1v) is 8.76. The van der Waals surface area contributed by atoms with Crippen molar-refractivity contribution in [1.29, 1.82) is 0 Å². The fourth-order valence-electron chi connectivity index (χ4n) is 2.79. The maximum Gasteiger partial charge on any atom is 0.152 e. The van der Waals surface area contributed by atoms with Crippen molar-refractivity contribution in [2.24, 2.45) is 0 Å². The van der Waals surface area contributed by atoms with Crippen molar-refractivity contribution >= 4 is 43.7 Å². The number of aromatic nitrogens is 3. The second-order valence-electron chi connectivity index (χ2n) is 5.53. The van der Waals surface area contributed by atoms with E-state index in [1.807, 2.05) is 19.1 Å². The number of fused-ring (bicyclic) bond motifs is 3. The van der Waals surface area contributed by atoms with E-state index in [0.29, 0.717) is 19.0 Å². The van der Waals surface area contributed by atoms with Crippen LogP contribution in [-0.4, -0.2) is 21.1 Å². The van der Waals surface area contributed by atoms with E-state index < -0.39 is 0 Å². The minimum absolute atomic E-state index is 0.475. The van der Waals surface area contributed by atoms with Gasteiger partial charge in [-0.15, -0.1) is 0 Å².